The van der Waals surface area contributed by atoms with Crippen LogP contribution in [0.25, 0.3) is 10.9 Å². The van der Waals surface area contributed by atoms with Gasteiger partial charge in [-0.25, -0.2) is 14.8 Å². The topological polar surface area (TPSA) is 105 Å². The number of rotatable bonds is 5. The van der Waals surface area contributed by atoms with Gasteiger partial charge in [0.2, 0.25) is 5.88 Å². The summed E-state index contributed by atoms with van der Waals surface area (Å²) in [5, 5.41) is 19.3. The standard InChI is InChI=1S/C23H23BrClN3O3.C2HF3O2/c24-16-1-3-20-19(10-16)22(27-14-26-20)30-13-18(29)12-28-7-5-23(6-8-28)11-15-9-17(25)2-4-21(15)31-23;3-2(4,5)1(6)7/h1-4,9-10,14,18,29H,5-8,11-13H2;(H,6,7). The molecule has 5 rings (SSSR count). The molecule has 1 aromatic heterocycles. The summed E-state index contributed by atoms with van der Waals surface area (Å²) >= 11 is 9.60. The van der Waals surface area contributed by atoms with Crippen molar-refractivity contribution in [1.29, 1.82) is 0 Å². The summed E-state index contributed by atoms with van der Waals surface area (Å²) in [7, 11) is 0. The third-order valence-electron chi connectivity index (χ3n) is 6.31. The van der Waals surface area contributed by atoms with E-state index in [1.165, 1.54) is 11.9 Å². The first-order valence-electron chi connectivity index (χ1n) is 11.7. The van der Waals surface area contributed by atoms with Gasteiger partial charge in [0.05, 0.1) is 10.9 Å². The Morgan fingerprint density at radius 3 is 2.61 bits per heavy atom. The van der Waals surface area contributed by atoms with Gasteiger partial charge >= 0.3 is 12.1 Å². The normalized spacial score (nSPS) is 17.3. The van der Waals surface area contributed by atoms with Crippen molar-refractivity contribution in [1.82, 2.24) is 14.9 Å². The zero-order valence-corrected chi connectivity index (χ0v) is 22.3. The third-order valence-corrected chi connectivity index (χ3v) is 7.04. The molecule has 0 radical (unpaired) electrons. The van der Waals surface area contributed by atoms with Gasteiger partial charge in [0, 0.05) is 48.4 Å². The number of piperidine rings is 1. The smallest absolute Gasteiger partial charge is 0.487 e. The van der Waals surface area contributed by atoms with Crippen LogP contribution in [0.5, 0.6) is 11.6 Å². The van der Waals surface area contributed by atoms with Crippen molar-refractivity contribution in [2.24, 2.45) is 0 Å². The van der Waals surface area contributed by atoms with Crippen LogP contribution in [0.1, 0.15) is 18.4 Å². The first-order chi connectivity index (χ1) is 17.9. The molecular formula is C25H24BrClF3N3O5. The molecule has 3 heterocycles. The number of alkyl halides is 3. The fourth-order valence-corrected chi connectivity index (χ4v) is 5.03. The highest BCUT2D eigenvalue weighted by Crippen LogP contribution is 2.42. The van der Waals surface area contributed by atoms with Crippen LogP contribution in [0.4, 0.5) is 13.2 Å². The van der Waals surface area contributed by atoms with Crippen LogP contribution in [0.3, 0.4) is 0 Å². The van der Waals surface area contributed by atoms with E-state index in [0.29, 0.717) is 12.4 Å². The zero-order chi connectivity index (χ0) is 27.5. The number of nitrogens with zero attached hydrogens (tertiary/aromatic N) is 3. The molecule has 0 bridgehead atoms. The molecule has 38 heavy (non-hydrogen) atoms. The molecule has 0 amide bonds. The van der Waals surface area contributed by atoms with E-state index >= 15 is 0 Å². The van der Waals surface area contributed by atoms with E-state index in [2.05, 4.69) is 30.8 Å². The molecule has 1 fully saturated rings. The fourth-order valence-electron chi connectivity index (χ4n) is 4.47. The summed E-state index contributed by atoms with van der Waals surface area (Å²) in [6.07, 6.45) is -1.45. The minimum atomic E-state index is -5.08. The summed E-state index contributed by atoms with van der Waals surface area (Å²) in [5.74, 6) is -1.32. The Hall–Kier alpha value is -2.67. The Bertz CT molecular complexity index is 1300. The molecule has 8 nitrogen and oxygen atoms in total. The number of carboxylic acids is 1. The first kappa shape index (κ1) is 28.3. The van der Waals surface area contributed by atoms with Crippen LogP contribution in [-0.2, 0) is 11.2 Å². The monoisotopic (exact) mass is 617 g/mol. The van der Waals surface area contributed by atoms with Gasteiger partial charge in [-0.15, -0.1) is 0 Å². The van der Waals surface area contributed by atoms with E-state index in [-0.39, 0.29) is 12.2 Å². The van der Waals surface area contributed by atoms with Crippen LogP contribution < -0.4 is 9.47 Å². The van der Waals surface area contributed by atoms with E-state index in [9.17, 15) is 18.3 Å². The Balaban J connectivity index is 0.000000426. The summed E-state index contributed by atoms with van der Waals surface area (Å²) in [5.41, 5.74) is 1.86. The maximum atomic E-state index is 10.6. The molecule has 2 aliphatic heterocycles. The molecular weight excluding hydrogens is 595 g/mol. The molecule has 13 heteroatoms. The number of fused-ring (bicyclic) bond motifs is 2. The van der Waals surface area contributed by atoms with Gasteiger partial charge in [-0.3, -0.25) is 0 Å². The Morgan fingerprint density at radius 1 is 1.21 bits per heavy atom. The van der Waals surface area contributed by atoms with Crippen molar-refractivity contribution in [2.45, 2.75) is 37.1 Å². The average molecular weight is 619 g/mol. The number of benzene rings is 2. The number of aromatic nitrogens is 2. The number of likely N-dealkylation sites (tertiary alicyclic amines) is 1. The summed E-state index contributed by atoms with van der Waals surface area (Å²) in [6.45, 7) is 2.49. The first-order valence-corrected chi connectivity index (χ1v) is 12.8. The van der Waals surface area contributed by atoms with E-state index < -0.39 is 18.2 Å². The molecule has 0 aliphatic carbocycles. The minimum Gasteiger partial charge on any atom is -0.487 e. The number of aliphatic hydroxyl groups excluding tert-OH is 1. The second-order valence-corrected chi connectivity index (χ2v) is 10.5. The molecule has 1 spiro atoms. The maximum absolute atomic E-state index is 10.6. The van der Waals surface area contributed by atoms with Crippen LogP contribution in [0, 0.1) is 0 Å². The summed E-state index contributed by atoms with van der Waals surface area (Å²) in [6, 6.07) is 11.6. The summed E-state index contributed by atoms with van der Waals surface area (Å²) < 4.78 is 44.8. The predicted molar refractivity (Wildman–Crippen MR) is 137 cm³/mol. The van der Waals surface area contributed by atoms with Crippen molar-refractivity contribution in [3.05, 3.63) is 57.8 Å². The minimum absolute atomic E-state index is 0.141. The molecule has 0 saturated carbocycles. The number of halogens is 5. The molecule has 2 aliphatic rings. The Morgan fingerprint density at radius 2 is 1.92 bits per heavy atom. The largest absolute Gasteiger partial charge is 0.490 e. The Kier molecular flexibility index (Phi) is 8.65. The second-order valence-electron chi connectivity index (χ2n) is 9.12. The Labute approximate surface area is 229 Å². The van der Waals surface area contributed by atoms with Crippen LogP contribution in [0.15, 0.2) is 47.2 Å². The number of aliphatic hydroxyl groups is 1. The number of hydrogen-bond acceptors (Lipinski definition) is 7. The van der Waals surface area contributed by atoms with Gasteiger partial charge in [-0.1, -0.05) is 27.5 Å². The number of carboxylic acid groups (broad SMARTS) is 1. The highest BCUT2D eigenvalue weighted by molar-refractivity contribution is 9.10. The van der Waals surface area contributed by atoms with E-state index in [1.54, 1.807) is 0 Å². The number of hydrogen-bond donors (Lipinski definition) is 2. The maximum Gasteiger partial charge on any atom is 0.490 e. The van der Waals surface area contributed by atoms with Crippen LogP contribution in [-0.4, -0.2) is 75.2 Å². The van der Waals surface area contributed by atoms with Gasteiger partial charge in [0.25, 0.3) is 0 Å². The van der Waals surface area contributed by atoms with Crippen molar-refractivity contribution in [3.8, 4) is 11.6 Å². The number of carbonyl (C=O) groups is 1. The van der Waals surface area contributed by atoms with E-state index in [0.717, 1.165) is 58.5 Å². The highest BCUT2D eigenvalue weighted by atomic mass is 79.9. The molecule has 1 atom stereocenters. The SMILES string of the molecule is O=C(O)C(F)(F)F.OC(COc1ncnc2ccc(Br)cc12)CN1CCC2(CC1)Cc1cc(Cl)ccc1O2. The fraction of sp³-hybridized carbons (Fsp3) is 0.400. The molecule has 204 valence electrons. The molecule has 1 saturated heterocycles. The zero-order valence-electron chi connectivity index (χ0n) is 19.9. The van der Waals surface area contributed by atoms with Gasteiger partial charge < -0.3 is 24.6 Å². The number of ether oxygens (including phenoxy) is 2. The van der Waals surface area contributed by atoms with E-state index in [4.69, 9.17) is 31.0 Å². The molecule has 3 aromatic rings. The van der Waals surface area contributed by atoms with Gasteiger partial charge in [0.15, 0.2) is 0 Å². The van der Waals surface area contributed by atoms with Crippen LogP contribution in [0.2, 0.25) is 5.02 Å². The summed E-state index contributed by atoms with van der Waals surface area (Å²) in [4.78, 5) is 19.7. The van der Waals surface area contributed by atoms with Crippen molar-refractivity contribution >= 4 is 44.4 Å². The lowest BCUT2D eigenvalue weighted by Crippen LogP contribution is -2.49. The third kappa shape index (κ3) is 7.04. The van der Waals surface area contributed by atoms with E-state index in [1.807, 2.05) is 36.4 Å². The average Bonchev–Trinajstić information content (AvgIpc) is 3.21. The van der Waals surface area contributed by atoms with Gasteiger partial charge in [0.1, 0.15) is 30.4 Å². The predicted octanol–water partition coefficient (Wildman–Crippen LogP) is 4.89. The lowest BCUT2D eigenvalue weighted by atomic mass is 9.87. The lowest BCUT2D eigenvalue weighted by Gasteiger charge is -2.39. The second kappa shape index (κ2) is 11.6. The van der Waals surface area contributed by atoms with Crippen molar-refractivity contribution in [2.75, 3.05) is 26.2 Å². The highest BCUT2D eigenvalue weighted by Gasteiger charge is 2.42. The number of β-amino-alcohol motifs (C(OH)–C–C–N with tert-alkyl or cyclic N) is 1. The van der Waals surface area contributed by atoms with Crippen LogP contribution >= 0.6 is 27.5 Å². The molecule has 2 N–H and O–H groups in total. The van der Waals surface area contributed by atoms with Gasteiger partial charge in [-0.2, -0.15) is 13.2 Å². The van der Waals surface area contributed by atoms with Crippen molar-refractivity contribution in [3.63, 3.8) is 0 Å². The molecule has 1 unspecified atom stereocenters. The molecule has 2 aromatic carbocycles. The van der Waals surface area contributed by atoms with Crippen molar-refractivity contribution < 1.29 is 37.7 Å². The van der Waals surface area contributed by atoms with Gasteiger partial charge in [-0.05, 0) is 42.0 Å². The lowest BCUT2D eigenvalue weighted by molar-refractivity contribution is -0.192. The quantitative estimate of drug-likeness (QED) is 0.417. The number of aliphatic carboxylic acids is 1.